The predicted octanol–water partition coefficient (Wildman–Crippen LogP) is 3.27. The Morgan fingerprint density at radius 1 is 1.26 bits per heavy atom. The number of benzene rings is 1. The summed E-state index contributed by atoms with van der Waals surface area (Å²) < 4.78 is 26.9. The standard InChI is InChI=1S/C13H11F2IN2O/c1-2-3-10-11(16)13(19)18-12(17-10)7-4-8(14)6-9(15)5-7/h4-6H,2-3H2,1H3,(H,17,18,19). The van der Waals surface area contributed by atoms with Gasteiger partial charge >= 0.3 is 0 Å². The summed E-state index contributed by atoms with van der Waals surface area (Å²) in [5, 5.41) is 0. The summed E-state index contributed by atoms with van der Waals surface area (Å²) in [6.45, 7) is 1.97. The Morgan fingerprint density at radius 3 is 2.47 bits per heavy atom. The molecular formula is C13H11F2IN2O. The maximum atomic E-state index is 13.2. The first-order valence-corrected chi connectivity index (χ1v) is 6.84. The van der Waals surface area contributed by atoms with E-state index in [9.17, 15) is 13.6 Å². The van der Waals surface area contributed by atoms with Gasteiger partial charge in [0.25, 0.3) is 5.56 Å². The second-order valence-electron chi connectivity index (χ2n) is 4.08. The third-order valence-corrected chi connectivity index (χ3v) is 3.67. The lowest BCUT2D eigenvalue weighted by Gasteiger charge is -2.06. The van der Waals surface area contributed by atoms with Gasteiger partial charge in [0.1, 0.15) is 17.5 Å². The molecule has 0 radical (unpaired) electrons. The van der Waals surface area contributed by atoms with Crippen LogP contribution < -0.4 is 5.56 Å². The van der Waals surface area contributed by atoms with Crippen molar-refractivity contribution in [1.29, 1.82) is 0 Å². The molecule has 0 aliphatic rings. The van der Waals surface area contributed by atoms with Crippen molar-refractivity contribution in [1.82, 2.24) is 9.97 Å². The van der Waals surface area contributed by atoms with Gasteiger partial charge in [0.05, 0.1) is 9.26 Å². The summed E-state index contributed by atoms with van der Waals surface area (Å²) in [5.41, 5.74) is 0.577. The fourth-order valence-corrected chi connectivity index (χ4v) is 2.26. The summed E-state index contributed by atoms with van der Waals surface area (Å²) in [5.74, 6) is -1.21. The number of halogens is 3. The average Bonchev–Trinajstić information content (AvgIpc) is 2.33. The van der Waals surface area contributed by atoms with E-state index >= 15 is 0 Å². The second kappa shape index (κ2) is 5.77. The molecule has 0 spiro atoms. The van der Waals surface area contributed by atoms with Crippen LogP contribution in [0.15, 0.2) is 23.0 Å². The van der Waals surface area contributed by atoms with Gasteiger partial charge in [-0.1, -0.05) is 13.3 Å². The predicted molar refractivity (Wildman–Crippen MR) is 76.9 cm³/mol. The summed E-state index contributed by atoms with van der Waals surface area (Å²) in [7, 11) is 0. The number of nitrogens with one attached hydrogen (secondary N) is 1. The highest BCUT2D eigenvalue weighted by molar-refractivity contribution is 14.1. The summed E-state index contributed by atoms with van der Waals surface area (Å²) in [4.78, 5) is 18.6. The van der Waals surface area contributed by atoms with Gasteiger partial charge in [-0.05, 0) is 41.1 Å². The van der Waals surface area contributed by atoms with E-state index in [4.69, 9.17) is 0 Å². The molecule has 0 aliphatic heterocycles. The van der Waals surface area contributed by atoms with Crippen LogP contribution in [-0.4, -0.2) is 9.97 Å². The van der Waals surface area contributed by atoms with Gasteiger partial charge in [-0.2, -0.15) is 0 Å². The molecule has 3 nitrogen and oxygen atoms in total. The van der Waals surface area contributed by atoms with Crippen LogP contribution in [0.5, 0.6) is 0 Å². The van der Waals surface area contributed by atoms with Crippen molar-refractivity contribution in [2.24, 2.45) is 0 Å². The molecule has 1 N–H and O–H groups in total. The zero-order valence-electron chi connectivity index (χ0n) is 10.1. The first-order chi connectivity index (χ1) is 9.01. The van der Waals surface area contributed by atoms with Crippen molar-refractivity contribution >= 4 is 22.6 Å². The number of nitrogens with zero attached hydrogens (tertiary/aromatic N) is 1. The van der Waals surface area contributed by atoms with Crippen LogP contribution in [0.1, 0.15) is 19.0 Å². The van der Waals surface area contributed by atoms with Crippen molar-refractivity contribution < 1.29 is 8.78 Å². The highest BCUT2D eigenvalue weighted by atomic mass is 127. The Balaban J connectivity index is 2.59. The fraction of sp³-hybridized carbons (Fsp3) is 0.231. The maximum absolute atomic E-state index is 13.2. The monoisotopic (exact) mass is 376 g/mol. The molecule has 0 fully saturated rings. The van der Waals surface area contributed by atoms with Crippen LogP contribution in [0, 0.1) is 15.2 Å². The van der Waals surface area contributed by atoms with Crippen LogP contribution in [0.25, 0.3) is 11.4 Å². The average molecular weight is 376 g/mol. The second-order valence-corrected chi connectivity index (χ2v) is 5.16. The van der Waals surface area contributed by atoms with E-state index in [-0.39, 0.29) is 16.9 Å². The lowest BCUT2D eigenvalue weighted by Crippen LogP contribution is -2.16. The number of hydrogen-bond donors (Lipinski definition) is 1. The summed E-state index contributed by atoms with van der Waals surface area (Å²) >= 11 is 1.92. The van der Waals surface area contributed by atoms with E-state index in [0.717, 1.165) is 24.6 Å². The number of aryl methyl sites for hydroxylation is 1. The molecule has 2 aromatic rings. The molecule has 0 amide bonds. The third-order valence-electron chi connectivity index (χ3n) is 2.55. The van der Waals surface area contributed by atoms with Gasteiger partial charge in [-0.15, -0.1) is 0 Å². The normalized spacial score (nSPS) is 10.7. The van der Waals surface area contributed by atoms with Gasteiger partial charge < -0.3 is 4.98 Å². The molecule has 0 unspecified atom stereocenters. The molecule has 0 bridgehead atoms. The third kappa shape index (κ3) is 3.17. The number of rotatable bonds is 3. The maximum Gasteiger partial charge on any atom is 0.264 e. The van der Waals surface area contributed by atoms with Gasteiger partial charge in [-0.3, -0.25) is 4.79 Å². The van der Waals surface area contributed by atoms with E-state index in [1.807, 2.05) is 29.5 Å². The molecule has 100 valence electrons. The van der Waals surface area contributed by atoms with E-state index in [0.29, 0.717) is 15.7 Å². The molecule has 0 atom stereocenters. The Hall–Kier alpha value is -1.31. The number of aromatic amines is 1. The number of hydrogen-bond acceptors (Lipinski definition) is 2. The van der Waals surface area contributed by atoms with Crippen molar-refractivity contribution in [3.05, 3.63) is 49.5 Å². The molecule has 6 heteroatoms. The van der Waals surface area contributed by atoms with Crippen molar-refractivity contribution in [2.75, 3.05) is 0 Å². The van der Waals surface area contributed by atoms with Gasteiger partial charge in [-0.25, -0.2) is 13.8 Å². The highest BCUT2D eigenvalue weighted by Crippen LogP contribution is 2.19. The van der Waals surface area contributed by atoms with E-state index in [1.54, 1.807) is 0 Å². The first-order valence-electron chi connectivity index (χ1n) is 5.76. The molecule has 0 saturated heterocycles. The van der Waals surface area contributed by atoms with Gasteiger partial charge in [0.2, 0.25) is 0 Å². The summed E-state index contributed by atoms with van der Waals surface area (Å²) in [6, 6.07) is 3.06. The smallest absolute Gasteiger partial charge is 0.264 e. The largest absolute Gasteiger partial charge is 0.306 e. The highest BCUT2D eigenvalue weighted by Gasteiger charge is 2.11. The summed E-state index contributed by atoms with van der Waals surface area (Å²) in [6.07, 6.45) is 1.48. The minimum atomic E-state index is -0.701. The first kappa shape index (κ1) is 14.1. The van der Waals surface area contributed by atoms with Crippen LogP contribution in [0.2, 0.25) is 0 Å². The van der Waals surface area contributed by atoms with E-state index < -0.39 is 11.6 Å². The zero-order valence-corrected chi connectivity index (χ0v) is 12.3. The lowest BCUT2D eigenvalue weighted by molar-refractivity contribution is 0.584. The SMILES string of the molecule is CCCc1nc(-c2cc(F)cc(F)c2)[nH]c(=O)c1I. The number of aromatic nitrogens is 2. The zero-order chi connectivity index (χ0) is 14.0. The molecule has 0 aliphatic carbocycles. The van der Waals surface area contributed by atoms with Gasteiger partial charge in [0.15, 0.2) is 0 Å². The van der Waals surface area contributed by atoms with Crippen molar-refractivity contribution in [3.8, 4) is 11.4 Å². The quantitative estimate of drug-likeness (QED) is 0.836. The van der Waals surface area contributed by atoms with Crippen LogP contribution >= 0.6 is 22.6 Å². The molecule has 19 heavy (non-hydrogen) atoms. The Morgan fingerprint density at radius 2 is 1.89 bits per heavy atom. The topological polar surface area (TPSA) is 45.8 Å². The lowest BCUT2D eigenvalue weighted by atomic mass is 10.2. The van der Waals surface area contributed by atoms with E-state index in [1.165, 1.54) is 0 Å². The van der Waals surface area contributed by atoms with Crippen molar-refractivity contribution in [3.63, 3.8) is 0 Å². The van der Waals surface area contributed by atoms with Crippen LogP contribution in [0.4, 0.5) is 8.78 Å². The van der Waals surface area contributed by atoms with Gasteiger partial charge in [0, 0.05) is 11.6 Å². The van der Waals surface area contributed by atoms with E-state index in [2.05, 4.69) is 9.97 Å². The minimum absolute atomic E-state index is 0.187. The Kier molecular flexibility index (Phi) is 4.28. The van der Waals surface area contributed by atoms with Crippen LogP contribution in [0.3, 0.4) is 0 Å². The molecular weight excluding hydrogens is 365 g/mol. The molecule has 0 saturated carbocycles. The molecule has 1 aromatic heterocycles. The Bertz CT molecular complexity index is 650. The molecule has 1 aromatic carbocycles. The van der Waals surface area contributed by atoms with Crippen molar-refractivity contribution in [2.45, 2.75) is 19.8 Å². The minimum Gasteiger partial charge on any atom is -0.306 e. The fourth-order valence-electron chi connectivity index (χ4n) is 1.74. The van der Waals surface area contributed by atoms with Crippen LogP contribution in [-0.2, 0) is 6.42 Å². The number of H-pyrrole nitrogens is 1. The molecule has 2 rings (SSSR count). The molecule has 1 heterocycles. The Labute approximate surface area is 122 Å².